The molecule has 0 aliphatic carbocycles. The molecule has 234 valence electrons. The molecule has 0 radical (unpaired) electrons. The Morgan fingerprint density at radius 3 is 1.80 bits per heavy atom. The minimum Gasteiger partial charge on any atom is -0.456 e. The zero-order valence-electron chi connectivity index (χ0n) is 26.7. The molecule has 50 heavy (non-hydrogen) atoms. The van der Waals surface area contributed by atoms with Crippen molar-refractivity contribution in [1.29, 1.82) is 0 Å². The van der Waals surface area contributed by atoms with E-state index >= 15 is 0 Å². The van der Waals surface area contributed by atoms with Crippen LogP contribution in [0.1, 0.15) is 0 Å². The summed E-state index contributed by atoms with van der Waals surface area (Å²) >= 11 is 1.78. The minimum atomic E-state index is 0.615. The van der Waals surface area contributed by atoms with E-state index in [0.29, 0.717) is 17.5 Å². The van der Waals surface area contributed by atoms with Gasteiger partial charge in [-0.05, 0) is 58.7 Å². The number of fused-ring (bicyclic) bond motifs is 6. The third-order valence-electron chi connectivity index (χ3n) is 9.39. The number of furan rings is 1. The van der Waals surface area contributed by atoms with Crippen molar-refractivity contribution >= 4 is 53.4 Å². The molecule has 0 unspecified atom stereocenters. The summed E-state index contributed by atoms with van der Waals surface area (Å²) in [6.07, 6.45) is 0. The molecular weight excluding hydrogens is 631 g/mol. The first-order chi connectivity index (χ1) is 24.8. The van der Waals surface area contributed by atoms with E-state index in [0.717, 1.165) is 54.5 Å². The van der Waals surface area contributed by atoms with Gasteiger partial charge in [0, 0.05) is 47.6 Å². The molecule has 3 heterocycles. The van der Waals surface area contributed by atoms with Crippen molar-refractivity contribution in [2.24, 2.45) is 0 Å². The van der Waals surface area contributed by atoms with E-state index in [1.165, 1.54) is 26.6 Å². The lowest BCUT2D eigenvalue weighted by Gasteiger charge is -2.13. The molecule has 0 bridgehead atoms. The summed E-state index contributed by atoms with van der Waals surface area (Å²) in [6, 6.07) is 56.9. The Kier molecular flexibility index (Phi) is 6.64. The van der Waals surface area contributed by atoms with Crippen LogP contribution in [0, 0.1) is 0 Å². The topological polar surface area (TPSA) is 51.8 Å². The molecule has 0 N–H and O–H groups in total. The van der Waals surface area contributed by atoms with E-state index in [-0.39, 0.29) is 0 Å². The molecule has 0 saturated carbocycles. The van der Waals surface area contributed by atoms with Crippen LogP contribution in [0.2, 0.25) is 0 Å². The third-order valence-corrected chi connectivity index (χ3v) is 10.6. The Bertz CT molecular complexity index is 2870. The summed E-state index contributed by atoms with van der Waals surface area (Å²) < 4.78 is 8.56. The largest absolute Gasteiger partial charge is 0.456 e. The van der Waals surface area contributed by atoms with Crippen molar-refractivity contribution in [1.82, 2.24) is 15.0 Å². The van der Waals surface area contributed by atoms with Crippen LogP contribution in [-0.2, 0) is 0 Å². The van der Waals surface area contributed by atoms with Crippen LogP contribution >= 0.6 is 11.3 Å². The number of hydrogen-bond acceptors (Lipinski definition) is 5. The second kappa shape index (κ2) is 11.6. The number of rotatable bonds is 5. The molecule has 7 aromatic carbocycles. The van der Waals surface area contributed by atoms with Crippen LogP contribution in [0.3, 0.4) is 0 Å². The number of para-hydroxylation sites is 1. The molecule has 0 amide bonds. The summed E-state index contributed by atoms with van der Waals surface area (Å²) in [4.78, 5) is 15.6. The van der Waals surface area contributed by atoms with E-state index in [4.69, 9.17) is 19.4 Å². The van der Waals surface area contributed by atoms with Gasteiger partial charge in [-0.1, -0.05) is 127 Å². The lowest BCUT2D eigenvalue weighted by molar-refractivity contribution is 0.669. The summed E-state index contributed by atoms with van der Waals surface area (Å²) in [5, 5.41) is 4.55. The van der Waals surface area contributed by atoms with Crippen molar-refractivity contribution in [3.63, 3.8) is 0 Å². The molecule has 4 nitrogen and oxygen atoms in total. The molecule has 0 atom stereocenters. The van der Waals surface area contributed by atoms with Gasteiger partial charge in [0.05, 0.1) is 0 Å². The third kappa shape index (κ3) is 4.79. The van der Waals surface area contributed by atoms with Crippen molar-refractivity contribution in [3.8, 4) is 56.4 Å². The standard InChI is InChI=1S/C45H27N3OS/c1-2-11-28(12-3-1)29-21-23-30(24-22-29)32-13-4-5-16-36(32)44-46-43(31-25-26-40-38(27-31)33-14-6-8-19-39(33)49-40)47-45(48-44)37-18-10-17-35-34-15-7-9-20-41(34)50-42(35)37/h1-27H. The fourth-order valence-electron chi connectivity index (χ4n) is 6.94. The van der Waals surface area contributed by atoms with Gasteiger partial charge < -0.3 is 4.42 Å². The van der Waals surface area contributed by atoms with Crippen LogP contribution in [0.5, 0.6) is 0 Å². The highest BCUT2D eigenvalue weighted by Crippen LogP contribution is 2.41. The quantitative estimate of drug-likeness (QED) is 0.185. The van der Waals surface area contributed by atoms with Gasteiger partial charge in [0.15, 0.2) is 17.5 Å². The molecule has 0 aliphatic heterocycles. The maximum Gasteiger partial charge on any atom is 0.165 e. The maximum atomic E-state index is 6.16. The van der Waals surface area contributed by atoms with Crippen molar-refractivity contribution in [3.05, 3.63) is 164 Å². The summed E-state index contributed by atoms with van der Waals surface area (Å²) in [5.74, 6) is 1.89. The Labute approximate surface area is 292 Å². The van der Waals surface area contributed by atoms with Crippen LogP contribution in [-0.4, -0.2) is 15.0 Å². The van der Waals surface area contributed by atoms with Gasteiger partial charge in [-0.2, -0.15) is 0 Å². The number of benzene rings is 7. The molecular formula is C45H27N3OS. The lowest BCUT2D eigenvalue weighted by Crippen LogP contribution is -2.01. The second-order valence-corrected chi connectivity index (χ2v) is 13.4. The van der Waals surface area contributed by atoms with Crippen molar-refractivity contribution in [2.45, 2.75) is 0 Å². The van der Waals surface area contributed by atoms with Crippen LogP contribution in [0.15, 0.2) is 168 Å². The molecule has 10 rings (SSSR count). The second-order valence-electron chi connectivity index (χ2n) is 12.4. The Morgan fingerprint density at radius 2 is 0.940 bits per heavy atom. The highest BCUT2D eigenvalue weighted by atomic mass is 32.1. The van der Waals surface area contributed by atoms with Crippen molar-refractivity contribution in [2.75, 3.05) is 0 Å². The first-order valence-corrected chi connectivity index (χ1v) is 17.4. The number of nitrogens with zero attached hydrogens (tertiary/aromatic N) is 3. The predicted molar refractivity (Wildman–Crippen MR) is 207 cm³/mol. The summed E-state index contributed by atoms with van der Waals surface area (Å²) in [7, 11) is 0. The average molecular weight is 658 g/mol. The molecule has 0 spiro atoms. The van der Waals surface area contributed by atoms with Gasteiger partial charge >= 0.3 is 0 Å². The normalized spacial score (nSPS) is 11.6. The molecule has 5 heteroatoms. The molecule has 0 saturated heterocycles. The predicted octanol–water partition coefficient (Wildman–Crippen LogP) is 12.5. The highest BCUT2D eigenvalue weighted by Gasteiger charge is 2.19. The smallest absolute Gasteiger partial charge is 0.165 e. The number of aromatic nitrogens is 3. The van der Waals surface area contributed by atoms with E-state index in [1.54, 1.807) is 11.3 Å². The first-order valence-electron chi connectivity index (χ1n) is 16.6. The zero-order valence-corrected chi connectivity index (χ0v) is 27.6. The van der Waals surface area contributed by atoms with Crippen LogP contribution in [0.4, 0.5) is 0 Å². The van der Waals surface area contributed by atoms with Gasteiger partial charge in [0.1, 0.15) is 11.2 Å². The van der Waals surface area contributed by atoms with Gasteiger partial charge in [-0.25, -0.2) is 15.0 Å². The number of thiophene rings is 1. The highest BCUT2D eigenvalue weighted by molar-refractivity contribution is 7.26. The maximum absolute atomic E-state index is 6.16. The molecule has 3 aromatic heterocycles. The Hall–Kier alpha value is -6.43. The summed E-state index contributed by atoms with van der Waals surface area (Å²) in [6.45, 7) is 0. The van der Waals surface area contributed by atoms with Gasteiger partial charge in [-0.15, -0.1) is 11.3 Å². The summed E-state index contributed by atoms with van der Waals surface area (Å²) in [5.41, 5.74) is 9.07. The minimum absolute atomic E-state index is 0.615. The Morgan fingerprint density at radius 1 is 0.360 bits per heavy atom. The van der Waals surface area contributed by atoms with Gasteiger partial charge in [-0.3, -0.25) is 0 Å². The monoisotopic (exact) mass is 657 g/mol. The van der Waals surface area contributed by atoms with E-state index in [1.807, 2.05) is 36.4 Å². The average Bonchev–Trinajstić information content (AvgIpc) is 3.76. The number of hydrogen-bond donors (Lipinski definition) is 0. The van der Waals surface area contributed by atoms with Crippen LogP contribution < -0.4 is 0 Å². The fourth-order valence-corrected chi connectivity index (χ4v) is 8.15. The van der Waals surface area contributed by atoms with Crippen molar-refractivity contribution < 1.29 is 4.42 Å². The van der Waals surface area contributed by atoms with Crippen LogP contribution in [0.25, 0.3) is 98.5 Å². The molecule has 10 aromatic rings. The molecule has 0 aliphatic rings. The SMILES string of the molecule is c1ccc(-c2ccc(-c3ccccc3-c3nc(-c4ccc5oc6ccccc6c5c4)nc(-c4cccc5c4sc4ccccc45)n3)cc2)cc1. The van der Waals surface area contributed by atoms with E-state index in [2.05, 4.69) is 127 Å². The fraction of sp³-hybridized carbons (Fsp3) is 0. The van der Waals surface area contributed by atoms with Gasteiger partial charge in [0.25, 0.3) is 0 Å². The zero-order chi connectivity index (χ0) is 33.0. The molecule has 0 fully saturated rings. The Balaban J connectivity index is 1.18. The first kappa shape index (κ1) is 28.6. The van der Waals surface area contributed by atoms with E-state index in [9.17, 15) is 0 Å². The van der Waals surface area contributed by atoms with Gasteiger partial charge in [0.2, 0.25) is 0 Å². The lowest BCUT2D eigenvalue weighted by atomic mass is 9.96. The van der Waals surface area contributed by atoms with E-state index < -0.39 is 0 Å².